The van der Waals surface area contributed by atoms with E-state index in [9.17, 15) is 0 Å². The van der Waals surface area contributed by atoms with Gasteiger partial charge < -0.3 is 22.9 Å². The van der Waals surface area contributed by atoms with Crippen molar-refractivity contribution in [2.45, 2.75) is 90.4 Å². The second-order valence-electron chi connectivity index (χ2n) is 8.95. The van der Waals surface area contributed by atoms with Crippen LogP contribution in [0, 0.1) is 0 Å². The van der Waals surface area contributed by atoms with Gasteiger partial charge in [0.05, 0.1) is 13.2 Å². The summed E-state index contributed by atoms with van der Waals surface area (Å²) in [6.45, 7) is 8.67. The van der Waals surface area contributed by atoms with Gasteiger partial charge in [0, 0.05) is 0 Å². The Morgan fingerprint density at radius 1 is 0.594 bits per heavy atom. The van der Waals surface area contributed by atoms with Crippen molar-refractivity contribution in [2.24, 2.45) is 42.9 Å². The fourth-order valence-corrected chi connectivity index (χ4v) is 3.61. The lowest BCUT2D eigenvalue weighted by Gasteiger charge is -2.36. The van der Waals surface area contributed by atoms with E-state index in [1.807, 2.05) is 27.7 Å². The lowest BCUT2D eigenvalue weighted by molar-refractivity contribution is -0.157. The van der Waals surface area contributed by atoms with Gasteiger partial charge in [0.1, 0.15) is 0 Å². The first-order chi connectivity index (χ1) is 15.0. The highest BCUT2D eigenvalue weighted by molar-refractivity contribution is 5.95. The number of nitrogens with zero attached hydrogens (tertiary/aromatic N) is 6. The minimum Gasteiger partial charge on any atom is -0.368 e. The molecular formula is C20H40N10O2. The zero-order chi connectivity index (χ0) is 23.8. The van der Waals surface area contributed by atoms with E-state index in [2.05, 4.69) is 20.0 Å². The van der Waals surface area contributed by atoms with Crippen LogP contribution in [-0.4, -0.2) is 58.5 Å². The van der Waals surface area contributed by atoms with Crippen molar-refractivity contribution < 1.29 is 9.68 Å². The molecule has 2 rings (SSSR count). The van der Waals surface area contributed by atoms with Gasteiger partial charge in [0.25, 0.3) is 0 Å². The zero-order valence-corrected chi connectivity index (χ0v) is 19.9. The first kappa shape index (κ1) is 25.7. The highest BCUT2D eigenvalue weighted by Crippen LogP contribution is 2.21. The van der Waals surface area contributed by atoms with Crippen LogP contribution >= 0.6 is 0 Å². The molecule has 2 heterocycles. The van der Waals surface area contributed by atoms with Gasteiger partial charge in [-0.1, -0.05) is 38.5 Å². The third kappa shape index (κ3) is 7.52. The molecule has 2 aliphatic rings. The molecule has 0 spiro atoms. The number of unbranched alkanes of at least 4 members (excludes halogenated alkanes) is 7. The molecule has 32 heavy (non-hydrogen) atoms. The molecule has 0 aliphatic carbocycles. The van der Waals surface area contributed by atoms with Crippen molar-refractivity contribution in [1.82, 2.24) is 10.1 Å². The van der Waals surface area contributed by atoms with Crippen molar-refractivity contribution in [2.75, 3.05) is 13.2 Å². The Bertz CT molecular complexity index is 683. The molecule has 0 unspecified atom stereocenters. The van der Waals surface area contributed by atoms with Crippen LogP contribution in [0.1, 0.15) is 79.1 Å². The summed E-state index contributed by atoms with van der Waals surface area (Å²) in [5, 5.41) is 3.05. The fourth-order valence-electron chi connectivity index (χ4n) is 3.61. The molecule has 0 aromatic rings. The molecule has 0 atom stereocenters. The molecule has 0 fully saturated rings. The fraction of sp³-hybridized carbons (Fsp3) is 0.800. The van der Waals surface area contributed by atoms with Crippen LogP contribution < -0.4 is 22.9 Å². The second-order valence-corrected chi connectivity index (χ2v) is 8.95. The Kier molecular flexibility index (Phi) is 9.08. The summed E-state index contributed by atoms with van der Waals surface area (Å²) in [6, 6.07) is 0. The summed E-state index contributed by atoms with van der Waals surface area (Å²) >= 11 is 0. The smallest absolute Gasteiger partial charge is 0.226 e. The van der Waals surface area contributed by atoms with E-state index < -0.39 is 11.3 Å². The Morgan fingerprint density at radius 3 is 1.22 bits per heavy atom. The number of nitrogens with two attached hydrogens (primary N) is 4. The SMILES string of the molecule is CC1(C)N=C(N)N=C(N)N1OCCCCCCCCCCON1C(N)=NC(N)=NC1(C)C. The molecule has 12 nitrogen and oxygen atoms in total. The maximum absolute atomic E-state index is 5.90. The van der Waals surface area contributed by atoms with E-state index in [-0.39, 0.29) is 23.8 Å². The van der Waals surface area contributed by atoms with Crippen LogP contribution in [0.15, 0.2) is 20.0 Å². The van der Waals surface area contributed by atoms with Crippen LogP contribution in [0.3, 0.4) is 0 Å². The lowest BCUT2D eigenvalue weighted by Crippen LogP contribution is -2.53. The second kappa shape index (κ2) is 11.3. The zero-order valence-electron chi connectivity index (χ0n) is 19.9. The van der Waals surface area contributed by atoms with E-state index in [1.54, 1.807) is 0 Å². The predicted octanol–water partition coefficient (Wildman–Crippen LogP) is 1.33. The van der Waals surface area contributed by atoms with Gasteiger partial charge >= 0.3 is 0 Å². The van der Waals surface area contributed by atoms with Crippen molar-refractivity contribution in [1.29, 1.82) is 0 Å². The largest absolute Gasteiger partial charge is 0.368 e. The van der Waals surface area contributed by atoms with Gasteiger partial charge in [-0.05, 0) is 40.5 Å². The number of hydroxylamine groups is 4. The first-order valence-electron chi connectivity index (χ1n) is 11.3. The molecule has 0 amide bonds. The maximum Gasteiger partial charge on any atom is 0.226 e. The van der Waals surface area contributed by atoms with Crippen molar-refractivity contribution in [3.63, 3.8) is 0 Å². The molecule has 0 aromatic carbocycles. The number of guanidine groups is 4. The highest BCUT2D eigenvalue weighted by atomic mass is 16.7. The minimum atomic E-state index is -0.650. The summed E-state index contributed by atoms with van der Waals surface area (Å²) in [7, 11) is 0. The third-order valence-electron chi connectivity index (χ3n) is 5.12. The standard InChI is InChI=1S/C20H40N10O2/c1-19(2)27-15(21)25-17(23)29(19)31-13-11-9-7-5-6-8-10-12-14-32-30-18(24)26-16(22)28-20(30,3)4/h5-14H2,1-4H3,(H4,21,23,25,27)(H4,22,24,26,28). The molecule has 8 N–H and O–H groups in total. The topological polar surface area (TPSA) is 178 Å². The molecule has 12 heteroatoms. The molecular weight excluding hydrogens is 412 g/mol. The molecule has 0 saturated heterocycles. The van der Waals surface area contributed by atoms with E-state index in [4.69, 9.17) is 32.6 Å². The van der Waals surface area contributed by atoms with E-state index >= 15 is 0 Å². The Labute approximate surface area is 190 Å². The molecule has 0 saturated carbocycles. The average Bonchev–Trinajstić information content (AvgIpc) is 2.64. The van der Waals surface area contributed by atoms with Gasteiger partial charge in [-0.3, -0.25) is 9.68 Å². The lowest BCUT2D eigenvalue weighted by atomic mass is 10.1. The summed E-state index contributed by atoms with van der Waals surface area (Å²) in [4.78, 5) is 28.0. The van der Waals surface area contributed by atoms with Crippen LogP contribution in [0.25, 0.3) is 0 Å². The Hall–Kier alpha value is -2.60. The van der Waals surface area contributed by atoms with Crippen LogP contribution in [0.5, 0.6) is 0 Å². The molecule has 0 aromatic heterocycles. The first-order valence-corrected chi connectivity index (χ1v) is 11.3. The van der Waals surface area contributed by atoms with Gasteiger partial charge in [-0.15, -0.1) is 0 Å². The Balaban J connectivity index is 1.46. The van der Waals surface area contributed by atoms with Gasteiger partial charge in [-0.25, -0.2) is 9.98 Å². The van der Waals surface area contributed by atoms with Crippen LogP contribution in [0.2, 0.25) is 0 Å². The number of aliphatic imine (C=N–C) groups is 4. The van der Waals surface area contributed by atoms with Gasteiger partial charge in [0.15, 0.2) is 11.3 Å². The Morgan fingerprint density at radius 2 is 0.906 bits per heavy atom. The number of rotatable bonds is 13. The van der Waals surface area contributed by atoms with E-state index in [0.29, 0.717) is 13.2 Å². The van der Waals surface area contributed by atoms with Crippen LogP contribution in [0.4, 0.5) is 0 Å². The summed E-state index contributed by atoms with van der Waals surface area (Å²) in [5.41, 5.74) is 21.8. The average molecular weight is 453 g/mol. The summed E-state index contributed by atoms with van der Waals surface area (Å²) in [6.07, 6.45) is 8.86. The normalized spacial score (nSPS) is 19.9. The molecule has 2 aliphatic heterocycles. The number of hydrogen-bond donors (Lipinski definition) is 4. The van der Waals surface area contributed by atoms with Crippen LogP contribution in [-0.2, 0) is 9.68 Å². The highest BCUT2D eigenvalue weighted by Gasteiger charge is 2.33. The number of hydrogen-bond acceptors (Lipinski definition) is 12. The maximum atomic E-state index is 5.90. The van der Waals surface area contributed by atoms with E-state index in [1.165, 1.54) is 35.8 Å². The predicted molar refractivity (Wildman–Crippen MR) is 127 cm³/mol. The molecule has 0 radical (unpaired) electrons. The molecule has 0 bridgehead atoms. The monoisotopic (exact) mass is 452 g/mol. The summed E-state index contributed by atoms with van der Waals surface area (Å²) < 4.78 is 0. The van der Waals surface area contributed by atoms with Crippen molar-refractivity contribution in [3.8, 4) is 0 Å². The van der Waals surface area contributed by atoms with Gasteiger partial charge in [0.2, 0.25) is 23.8 Å². The van der Waals surface area contributed by atoms with E-state index in [0.717, 1.165) is 25.7 Å². The molecule has 182 valence electrons. The van der Waals surface area contributed by atoms with Gasteiger partial charge in [-0.2, -0.15) is 20.1 Å². The third-order valence-corrected chi connectivity index (χ3v) is 5.12. The van der Waals surface area contributed by atoms with Crippen molar-refractivity contribution >= 4 is 23.8 Å². The summed E-state index contributed by atoms with van der Waals surface area (Å²) in [5.74, 6) is 0.822. The quantitative estimate of drug-likeness (QED) is 0.302. The van der Waals surface area contributed by atoms with Crippen molar-refractivity contribution in [3.05, 3.63) is 0 Å². The minimum absolute atomic E-state index is 0.173.